The topological polar surface area (TPSA) is 61.8 Å². The summed E-state index contributed by atoms with van der Waals surface area (Å²) in [6.07, 6.45) is 4.32. The Balaban J connectivity index is 1.69. The lowest BCUT2D eigenvalue weighted by atomic mass is 9.90. The van der Waals surface area contributed by atoms with Gasteiger partial charge in [-0.25, -0.2) is 4.39 Å². The third kappa shape index (κ3) is 3.80. The second-order valence-corrected chi connectivity index (χ2v) is 7.31. The fourth-order valence-corrected chi connectivity index (χ4v) is 3.52. The van der Waals surface area contributed by atoms with E-state index in [4.69, 9.17) is 4.74 Å². The van der Waals surface area contributed by atoms with Crippen molar-refractivity contribution in [1.29, 1.82) is 0 Å². The molecule has 1 aliphatic heterocycles. The van der Waals surface area contributed by atoms with Crippen molar-refractivity contribution in [2.24, 2.45) is 0 Å². The lowest BCUT2D eigenvalue weighted by molar-refractivity contribution is -0.157. The minimum absolute atomic E-state index is 0.0944. The van der Waals surface area contributed by atoms with Crippen LogP contribution in [0.4, 0.5) is 4.39 Å². The lowest BCUT2D eigenvalue weighted by Gasteiger charge is -2.39. The maximum absolute atomic E-state index is 14.1. The van der Waals surface area contributed by atoms with Crippen LogP contribution in [0.2, 0.25) is 0 Å². The number of likely N-dealkylation sites (tertiary alicyclic amines) is 1. The molecule has 25 heavy (non-hydrogen) atoms. The molecule has 1 saturated heterocycles. The number of ether oxygens (including phenoxy) is 1. The van der Waals surface area contributed by atoms with E-state index in [-0.39, 0.29) is 30.4 Å². The molecule has 1 atom stereocenters. The standard InChI is InChI=1S/C19H27FN2O3/c1-3-18(8-9-18)21-13-19(24)7-4-10-22(17(19)23)12-14-11-15(25-2)5-6-16(14)20/h5-6,11,21,24H,3-4,7-10,12-13H2,1-2H3/t19-/m1/s1. The smallest absolute Gasteiger partial charge is 0.256 e. The zero-order valence-electron chi connectivity index (χ0n) is 15.0. The maximum atomic E-state index is 14.1. The van der Waals surface area contributed by atoms with Gasteiger partial charge in [0.15, 0.2) is 5.60 Å². The number of rotatable bonds is 7. The zero-order chi connectivity index (χ0) is 18.1. The molecule has 2 N–H and O–H groups in total. The summed E-state index contributed by atoms with van der Waals surface area (Å²) in [7, 11) is 1.52. The zero-order valence-corrected chi connectivity index (χ0v) is 15.0. The Labute approximate surface area is 148 Å². The van der Waals surface area contributed by atoms with E-state index in [2.05, 4.69) is 12.2 Å². The SMILES string of the molecule is CCC1(NC[C@]2(O)CCCN(Cc3cc(OC)ccc3F)C2=O)CC1. The molecule has 1 saturated carbocycles. The minimum Gasteiger partial charge on any atom is -0.497 e. The fraction of sp³-hybridized carbons (Fsp3) is 0.632. The molecule has 0 bridgehead atoms. The monoisotopic (exact) mass is 350 g/mol. The van der Waals surface area contributed by atoms with Gasteiger partial charge in [-0.05, 0) is 50.3 Å². The number of halogens is 1. The van der Waals surface area contributed by atoms with Crippen molar-refractivity contribution in [3.8, 4) is 5.75 Å². The highest BCUT2D eigenvalue weighted by Gasteiger charge is 2.46. The number of amides is 1. The number of carbonyl (C=O) groups is 1. The van der Waals surface area contributed by atoms with Crippen LogP contribution in [0, 0.1) is 5.82 Å². The molecule has 0 radical (unpaired) electrons. The highest BCUT2D eigenvalue weighted by Crippen LogP contribution is 2.39. The summed E-state index contributed by atoms with van der Waals surface area (Å²) in [5, 5.41) is 14.3. The van der Waals surface area contributed by atoms with Crippen LogP contribution in [0.25, 0.3) is 0 Å². The number of β-amino-alcohol motifs (C(OH)–C–C–N with tert-alkyl or cyclic N) is 1. The summed E-state index contributed by atoms with van der Waals surface area (Å²) < 4.78 is 19.2. The first-order chi connectivity index (χ1) is 11.9. The average Bonchev–Trinajstić information content (AvgIpc) is 3.40. The van der Waals surface area contributed by atoms with Crippen LogP contribution < -0.4 is 10.1 Å². The fourth-order valence-electron chi connectivity index (χ4n) is 3.52. The first kappa shape index (κ1) is 18.1. The predicted molar refractivity (Wildman–Crippen MR) is 92.8 cm³/mol. The Morgan fingerprint density at radius 1 is 1.36 bits per heavy atom. The van der Waals surface area contributed by atoms with Gasteiger partial charge in [-0.1, -0.05) is 6.92 Å². The van der Waals surface area contributed by atoms with Crippen LogP contribution in [0.5, 0.6) is 5.75 Å². The number of piperidine rings is 1. The summed E-state index contributed by atoms with van der Waals surface area (Å²) in [6.45, 7) is 3.04. The first-order valence-corrected chi connectivity index (χ1v) is 9.01. The van der Waals surface area contributed by atoms with E-state index in [9.17, 15) is 14.3 Å². The van der Waals surface area contributed by atoms with E-state index in [1.54, 1.807) is 17.0 Å². The van der Waals surface area contributed by atoms with Gasteiger partial charge in [0.1, 0.15) is 11.6 Å². The van der Waals surface area contributed by atoms with E-state index >= 15 is 0 Å². The van der Waals surface area contributed by atoms with Crippen molar-refractivity contribution >= 4 is 5.91 Å². The van der Waals surface area contributed by atoms with Crippen LogP contribution in [0.1, 0.15) is 44.6 Å². The number of carbonyl (C=O) groups excluding carboxylic acids is 1. The normalized spacial score (nSPS) is 25.1. The van der Waals surface area contributed by atoms with E-state index in [0.29, 0.717) is 30.7 Å². The van der Waals surface area contributed by atoms with Gasteiger partial charge in [-0.2, -0.15) is 0 Å². The highest BCUT2D eigenvalue weighted by atomic mass is 19.1. The Hall–Kier alpha value is -1.66. The van der Waals surface area contributed by atoms with Gasteiger partial charge in [0, 0.05) is 30.7 Å². The number of nitrogens with one attached hydrogen (secondary N) is 1. The molecule has 6 heteroatoms. The van der Waals surface area contributed by atoms with E-state index in [0.717, 1.165) is 19.3 Å². The first-order valence-electron chi connectivity index (χ1n) is 9.01. The van der Waals surface area contributed by atoms with E-state index < -0.39 is 5.60 Å². The second kappa shape index (κ2) is 6.92. The maximum Gasteiger partial charge on any atom is 0.256 e. The molecule has 1 aromatic rings. The average molecular weight is 350 g/mol. The molecule has 1 amide bonds. The molecule has 138 valence electrons. The molecule has 3 rings (SSSR count). The van der Waals surface area contributed by atoms with Crippen molar-refractivity contribution in [2.75, 3.05) is 20.2 Å². The molecule has 0 aromatic heterocycles. The third-order valence-electron chi connectivity index (χ3n) is 5.60. The molecule has 2 fully saturated rings. The lowest BCUT2D eigenvalue weighted by Crippen LogP contribution is -2.59. The van der Waals surface area contributed by atoms with Crippen molar-refractivity contribution in [1.82, 2.24) is 10.2 Å². The summed E-state index contributed by atoms with van der Waals surface area (Å²) >= 11 is 0. The van der Waals surface area contributed by atoms with Gasteiger partial charge in [-0.3, -0.25) is 4.79 Å². The largest absolute Gasteiger partial charge is 0.497 e. The van der Waals surface area contributed by atoms with Gasteiger partial charge >= 0.3 is 0 Å². The van der Waals surface area contributed by atoms with Crippen LogP contribution in [0.3, 0.4) is 0 Å². The van der Waals surface area contributed by atoms with Crippen LogP contribution in [-0.2, 0) is 11.3 Å². The van der Waals surface area contributed by atoms with E-state index in [1.807, 2.05) is 0 Å². The highest BCUT2D eigenvalue weighted by molar-refractivity contribution is 5.86. The third-order valence-corrected chi connectivity index (χ3v) is 5.60. The quantitative estimate of drug-likeness (QED) is 0.792. The van der Waals surface area contributed by atoms with Gasteiger partial charge in [0.25, 0.3) is 5.91 Å². The van der Waals surface area contributed by atoms with Crippen LogP contribution >= 0.6 is 0 Å². The van der Waals surface area contributed by atoms with E-state index in [1.165, 1.54) is 13.2 Å². The summed E-state index contributed by atoms with van der Waals surface area (Å²) in [5.41, 5.74) is -0.910. The molecule has 1 heterocycles. The number of nitrogens with zero attached hydrogens (tertiary/aromatic N) is 1. The number of methoxy groups -OCH3 is 1. The Morgan fingerprint density at radius 3 is 2.76 bits per heavy atom. The molecular weight excluding hydrogens is 323 g/mol. The molecule has 1 aromatic carbocycles. The van der Waals surface area contributed by atoms with Crippen LogP contribution in [0.15, 0.2) is 18.2 Å². The Kier molecular flexibility index (Phi) is 5.02. The molecule has 0 unspecified atom stereocenters. The summed E-state index contributed by atoms with van der Waals surface area (Å²) in [6, 6.07) is 4.50. The van der Waals surface area contributed by atoms with Crippen molar-refractivity contribution in [3.05, 3.63) is 29.6 Å². The van der Waals surface area contributed by atoms with Gasteiger partial charge in [0.05, 0.1) is 7.11 Å². The van der Waals surface area contributed by atoms with Crippen molar-refractivity contribution < 1.29 is 19.0 Å². The molecule has 5 nitrogen and oxygen atoms in total. The van der Waals surface area contributed by atoms with Crippen molar-refractivity contribution in [2.45, 2.75) is 56.7 Å². The number of aliphatic hydroxyl groups is 1. The number of hydrogen-bond acceptors (Lipinski definition) is 4. The van der Waals surface area contributed by atoms with Gasteiger partial charge in [-0.15, -0.1) is 0 Å². The molecular formula is C19H27FN2O3. The molecule has 1 aliphatic carbocycles. The minimum atomic E-state index is -1.40. The predicted octanol–water partition coefficient (Wildman–Crippen LogP) is 2.22. The van der Waals surface area contributed by atoms with Crippen molar-refractivity contribution in [3.63, 3.8) is 0 Å². The summed E-state index contributed by atoms with van der Waals surface area (Å²) in [5.74, 6) is -0.138. The van der Waals surface area contributed by atoms with Crippen LogP contribution in [-0.4, -0.2) is 47.3 Å². The molecule has 0 spiro atoms. The Morgan fingerprint density at radius 2 is 2.12 bits per heavy atom. The van der Waals surface area contributed by atoms with Gasteiger partial charge in [0.2, 0.25) is 0 Å². The Bertz CT molecular complexity index is 648. The number of benzene rings is 1. The second-order valence-electron chi connectivity index (χ2n) is 7.31. The molecule has 2 aliphatic rings. The summed E-state index contributed by atoms with van der Waals surface area (Å²) in [4.78, 5) is 14.4. The van der Waals surface area contributed by atoms with Gasteiger partial charge < -0.3 is 20.1 Å². The number of hydrogen-bond donors (Lipinski definition) is 2.